The number of rotatable bonds is 8. The Morgan fingerprint density at radius 3 is 1.57 bits per heavy atom. The molecule has 0 unspecified atom stereocenters. The second kappa shape index (κ2) is 15.1. The van der Waals surface area contributed by atoms with Crippen LogP contribution in [-0.2, 0) is 5.41 Å². The Balaban J connectivity index is 1.06. The van der Waals surface area contributed by atoms with Crippen LogP contribution in [0, 0.1) is 0 Å². The van der Waals surface area contributed by atoms with Crippen LogP contribution in [0.2, 0.25) is 0 Å². The van der Waals surface area contributed by atoms with Gasteiger partial charge >= 0.3 is 0 Å². The van der Waals surface area contributed by atoms with Gasteiger partial charge in [0.25, 0.3) is 0 Å². The molecule has 0 amide bonds. The van der Waals surface area contributed by atoms with Gasteiger partial charge in [0.2, 0.25) is 0 Å². The molecule has 0 saturated carbocycles. The Kier molecular flexibility index (Phi) is 8.76. The van der Waals surface area contributed by atoms with E-state index in [1.54, 1.807) is 0 Å². The molecule has 0 fully saturated rings. The van der Waals surface area contributed by atoms with Crippen molar-refractivity contribution in [1.29, 1.82) is 0 Å². The minimum absolute atomic E-state index is 0.512. The summed E-state index contributed by atoms with van der Waals surface area (Å²) in [5, 5.41) is 2.50. The highest BCUT2D eigenvalue weighted by molar-refractivity contribution is 6.10. The van der Waals surface area contributed by atoms with Crippen molar-refractivity contribution in [2.45, 2.75) is 5.41 Å². The Bertz CT molecular complexity index is 3380. The molecule has 1 heterocycles. The van der Waals surface area contributed by atoms with Crippen molar-refractivity contribution in [3.05, 3.63) is 277 Å². The molecular weight excluding hydrogens is 761 g/mol. The van der Waals surface area contributed by atoms with Gasteiger partial charge in [-0.2, -0.15) is 0 Å². The monoisotopic (exact) mass is 802 g/mol. The average molecular weight is 803 g/mol. The predicted octanol–water partition coefficient (Wildman–Crippen LogP) is 16.0. The van der Waals surface area contributed by atoms with Crippen LogP contribution in [0.1, 0.15) is 22.3 Å². The summed E-state index contributed by atoms with van der Waals surface area (Å²) in [6, 6.07) is 93.3. The minimum atomic E-state index is -0.512. The molecule has 1 aromatic heterocycles. The molecule has 11 aromatic rings. The third-order valence-corrected chi connectivity index (χ3v) is 13.1. The highest BCUT2D eigenvalue weighted by Crippen LogP contribution is 2.57. The van der Waals surface area contributed by atoms with Crippen molar-refractivity contribution in [3.8, 4) is 39.1 Å². The lowest BCUT2D eigenvalue weighted by molar-refractivity contribution is 0.768. The van der Waals surface area contributed by atoms with E-state index in [1.165, 1.54) is 71.9 Å². The lowest BCUT2D eigenvalue weighted by atomic mass is 9.67. The van der Waals surface area contributed by atoms with Crippen molar-refractivity contribution in [3.63, 3.8) is 0 Å². The fourth-order valence-electron chi connectivity index (χ4n) is 10.3. The predicted molar refractivity (Wildman–Crippen MR) is 264 cm³/mol. The zero-order valence-electron chi connectivity index (χ0n) is 34.6. The highest BCUT2D eigenvalue weighted by atomic mass is 15.1. The fourth-order valence-corrected chi connectivity index (χ4v) is 10.3. The molecule has 296 valence electrons. The van der Waals surface area contributed by atoms with Gasteiger partial charge < -0.3 is 9.47 Å². The fraction of sp³-hybridized carbons (Fsp3) is 0.0164. The van der Waals surface area contributed by atoms with E-state index < -0.39 is 5.41 Å². The third-order valence-electron chi connectivity index (χ3n) is 13.1. The first-order chi connectivity index (χ1) is 31.3. The van der Waals surface area contributed by atoms with Crippen LogP contribution in [-0.4, -0.2) is 4.57 Å². The van der Waals surface area contributed by atoms with Crippen LogP contribution in [0.25, 0.3) is 60.9 Å². The number of aromatic nitrogens is 1. The number of hydrogen-bond donors (Lipinski definition) is 0. The minimum Gasteiger partial charge on any atom is -0.310 e. The van der Waals surface area contributed by atoms with E-state index in [0.29, 0.717) is 0 Å². The first-order valence-corrected chi connectivity index (χ1v) is 21.8. The van der Waals surface area contributed by atoms with Gasteiger partial charge in [0.15, 0.2) is 0 Å². The summed E-state index contributed by atoms with van der Waals surface area (Å²) >= 11 is 0. The van der Waals surface area contributed by atoms with Gasteiger partial charge in [-0.1, -0.05) is 194 Å². The van der Waals surface area contributed by atoms with Crippen LogP contribution >= 0.6 is 0 Å². The SMILES string of the molecule is c1ccc(-c2ccc(N(c3cccc(-c4ccc5c6ccccc6n(-c6ccccc6)c5c4)c3)c3ccc4c(c3)C(c3ccccc3)(c3ccccc3)c3ccccc3-4)cc2)cc1. The molecule has 0 N–H and O–H groups in total. The van der Waals surface area contributed by atoms with Gasteiger partial charge in [0.05, 0.1) is 16.4 Å². The Labute approximate surface area is 368 Å². The average Bonchev–Trinajstić information content (AvgIpc) is 3.86. The summed E-state index contributed by atoms with van der Waals surface area (Å²) in [4.78, 5) is 2.43. The van der Waals surface area contributed by atoms with Crippen molar-refractivity contribution < 1.29 is 0 Å². The van der Waals surface area contributed by atoms with E-state index >= 15 is 0 Å². The number of para-hydroxylation sites is 2. The van der Waals surface area contributed by atoms with Gasteiger partial charge in [0.1, 0.15) is 0 Å². The van der Waals surface area contributed by atoms with E-state index in [9.17, 15) is 0 Å². The third kappa shape index (κ3) is 5.95. The van der Waals surface area contributed by atoms with E-state index in [0.717, 1.165) is 28.3 Å². The molecular formula is C61H42N2. The second-order valence-corrected chi connectivity index (χ2v) is 16.5. The summed E-state index contributed by atoms with van der Waals surface area (Å²) in [7, 11) is 0. The number of benzene rings is 10. The molecule has 63 heavy (non-hydrogen) atoms. The van der Waals surface area contributed by atoms with Crippen molar-refractivity contribution in [2.24, 2.45) is 0 Å². The summed E-state index contributed by atoms with van der Waals surface area (Å²) in [6.07, 6.45) is 0. The molecule has 0 radical (unpaired) electrons. The molecule has 1 aliphatic rings. The maximum absolute atomic E-state index is 2.46. The van der Waals surface area contributed by atoms with Crippen molar-refractivity contribution >= 4 is 38.9 Å². The molecule has 0 atom stereocenters. The number of anilines is 3. The summed E-state index contributed by atoms with van der Waals surface area (Å²) in [5.41, 5.74) is 18.6. The van der Waals surface area contributed by atoms with Crippen LogP contribution in [0.15, 0.2) is 255 Å². The van der Waals surface area contributed by atoms with Crippen LogP contribution in [0.3, 0.4) is 0 Å². The topological polar surface area (TPSA) is 8.17 Å². The quantitative estimate of drug-likeness (QED) is 0.149. The normalized spacial score (nSPS) is 12.6. The maximum Gasteiger partial charge on any atom is 0.0714 e. The maximum atomic E-state index is 2.46. The molecule has 1 aliphatic carbocycles. The molecule has 0 spiro atoms. The van der Waals surface area contributed by atoms with E-state index in [4.69, 9.17) is 0 Å². The van der Waals surface area contributed by atoms with Gasteiger partial charge in [-0.05, 0) is 116 Å². The molecule has 12 rings (SSSR count). The van der Waals surface area contributed by atoms with Crippen molar-refractivity contribution in [1.82, 2.24) is 4.57 Å². The van der Waals surface area contributed by atoms with Gasteiger partial charge in [-0.3, -0.25) is 0 Å². The number of nitrogens with zero attached hydrogens (tertiary/aromatic N) is 2. The summed E-state index contributed by atoms with van der Waals surface area (Å²) in [6.45, 7) is 0. The highest BCUT2D eigenvalue weighted by Gasteiger charge is 2.46. The lowest BCUT2D eigenvalue weighted by Gasteiger charge is -2.35. The molecule has 2 heteroatoms. The number of fused-ring (bicyclic) bond motifs is 6. The molecule has 0 bridgehead atoms. The van der Waals surface area contributed by atoms with Crippen molar-refractivity contribution in [2.75, 3.05) is 4.90 Å². The molecule has 2 nitrogen and oxygen atoms in total. The van der Waals surface area contributed by atoms with E-state index in [2.05, 4.69) is 264 Å². The van der Waals surface area contributed by atoms with Crippen LogP contribution < -0.4 is 4.90 Å². The Morgan fingerprint density at radius 2 is 0.825 bits per heavy atom. The second-order valence-electron chi connectivity index (χ2n) is 16.5. The van der Waals surface area contributed by atoms with Crippen LogP contribution in [0.5, 0.6) is 0 Å². The van der Waals surface area contributed by atoms with Gasteiger partial charge in [0, 0.05) is 33.5 Å². The first-order valence-electron chi connectivity index (χ1n) is 21.8. The smallest absolute Gasteiger partial charge is 0.0714 e. The molecule has 0 aliphatic heterocycles. The lowest BCUT2D eigenvalue weighted by Crippen LogP contribution is -2.28. The first kappa shape index (κ1) is 36.6. The van der Waals surface area contributed by atoms with Gasteiger partial charge in [-0.25, -0.2) is 0 Å². The Morgan fingerprint density at radius 1 is 0.302 bits per heavy atom. The molecule has 0 saturated heterocycles. The molecule has 10 aromatic carbocycles. The summed E-state index contributed by atoms with van der Waals surface area (Å²) in [5.74, 6) is 0. The van der Waals surface area contributed by atoms with E-state index in [1.807, 2.05) is 0 Å². The largest absolute Gasteiger partial charge is 0.310 e. The van der Waals surface area contributed by atoms with Gasteiger partial charge in [-0.15, -0.1) is 0 Å². The summed E-state index contributed by atoms with van der Waals surface area (Å²) < 4.78 is 2.40. The number of hydrogen-bond acceptors (Lipinski definition) is 1. The van der Waals surface area contributed by atoms with E-state index in [-0.39, 0.29) is 0 Å². The van der Waals surface area contributed by atoms with Crippen LogP contribution in [0.4, 0.5) is 17.1 Å². The standard InChI is InChI=1S/C61H42N2/c1-5-18-43(19-6-1)44-32-35-50(36-33-44)62(51-27-17-20-45(40-51)46-34-38-56-55-29-14-16-31-59(55)63(60(56)41-46)49-25-11-4-12-26-49)52-37-39-54-53-28-13-15-30-57(53)61(58(54)42-52,47-21-7-2-8-22-47)48-23-9-3-10-24-48/h1-42H. The Hall–Kier alpha value is -8.20. The zero-order valence-corrected chi connectivity index (χ0v) is 34.6. The zero-order chi connectivity index (χ0) is 41.7.